The van der Waals surface area contributed by atoms with Crippen molar-refractivity contribution in [1.82, 2.24) is 10.6 Å². The average molecular weight is 302 g/mol. The number of phenols is 1. The molecule has 1 aromatic rings. The molecule has 1 amide bonds. The summed E-state index contributed by atoms with van der Waals surface area (Å²) in [6, 6.07) is 2.68. The lowest BCUT2D eigenvalue weighted by Crippen LogP contribution is -2.54. The van der Waals surface area contributed by atoms with E-state index in [0.717, 1.165) is 0 Å². The van der Waals surface area contributed by atoms with Gasteiger partial charge in [-0.1, -0.05) is 6.07 Å². The minimum Gasteiger partial charge on any atom is -0.508 e. The molecular weight excluding hydrogens is 285 g/mol. The highest BCUT2D eigenvalue weighted by Crippen LogP contribution is 2.26. The van der Waals surface area contributed by atoms with Crippen molar-refractivity contribution >= 4 is 5.91 Å². The molecule has 1 heterocycles. The Kier molecular flexibility index (Phi) is 4.41. The van der Waals surface area contributed by atoms with Gasteiger partial charge in [-0.15, -0.1) is 0 Å². The van der Waals surface area contributed by atoms with E-state index in [4.69, 9.17) is 0 Å². The Labute approximate surface area is 120 Å². The van der Waals surface area contributed by atoms with E-state index in [1.165, 1.54) is 6.07 Å². The zero-order valence-corrected chi connectivity index (χ0v) is 11.5. The van der Waals surface area contributed by atoms with Crippen LogP contribution in [-0.4, -0.2) is 35.8 Å². The summed E-state index contributed by atoms with van der Waals surface area (Å²) in [7, 11) is 0. The zero-order valence-electron chi connectivity index (χ0n) is 11.5. The molecule has 7 heteroatoms. The number of halogens is 3. The largest absolute Gasteiger partial charge is 0.508 e. The van der Waals surface area contributed by atoms with Crippen molar-refractivity contribution in [1.29, 1.82) is 0 Å². The van der Waals surface area contributed by atoms with Gasteiger partial charge in [-0.05, 0) is 37.5 Å². The minimum atomic E-state index is -4.25. The monoisotopic (exact) mass is 302 g/mol. The highest BCUT2D eigenvalue weighted by molar-refractivity contribution is 5.94. The summed E-state index contributed by atoms with van der Waals surface area (Å²) in [4.78, 5) is 12.0. The third-order valence-electron chi connectivity index (χ3n) is 3.62. The molecular formula is C14H17F3N2O2. The van der Waals surface area contributed by atoms with Gasteiger partial charge in [-0.3, -0.25) is 4.79 Å². The lowest BCUT2D eigenvalue weighted by molar-refractivity contribution is -0.160. The Balaban J connectivity index is 1.91. The van der Waals surface area contributed by atoms with Gasteiger partial charge in [0, 0.05) is 18.2 Å². The molecule has 3 N–H and O–H groups in total. The Morgan fingerprint density at radius 1 is 1.38 bits per heavy atom. The molecule has 116 valence electrons. The van der Waals surface area contributed by atoms with Crippen LogP contribution in [0.4, 0.5) is 13.2 Å². The van der Waals surface area contributed by atoms with Crippen LogP contribution < -0.4 is 10.6 Å². The number of amides is 1. The molecule has 2 unspecified atom stereocenters. The van der Waals surface area contributed by atoms with Crippen molar-refractivity contribution in [3.8, 4) is 5.75 Å². The Morgan fingerprint density at radius 3 is 2.62 bits per heavy atom. The maximum atomic E-state index is 12.5. The van der Waals surface area contributed by atoms with Gasteiger partial charge in [0.25, 0.3) is 5.91 Å². The second-order valence-corrected chi connectivity index (χ2v) is 5.25. The van der Waals surface area contributed by atoms with Gasteiger partial charge in [-0.2, -0.15) is 13.2 Å². The van der Waals surface area contributed by atoms with Crippen molar-refractivity contribution in [2.75, 3.05) is 6.54 Å². The first-order chi connectivity index (χ1) is 9.77. The van der Waals surface area contributed by atoms with E-state index < -0.39 is 18.1 Å². The van der Waals surface area contributed by atoms with Crippen molar-refractivity contribution in [3.05, 3.63) is 29.3 Å². The summed E-state index contributed by atoms with van der Waals surface area (Å²) >= 11 is 0. The van der Waals surface area contributed by atoms with Gasteiger partial charge >= 0.3 is 6.18 Å². The highest BCUT2D eigenvalue weighted by atomic mass is 19.4. The van der Waals surface area contributed by atoms with Gasteiger partial charge < -0.3 is 15.7 Å². The average Bonchev–Trinajstić information content (AvgIpc) is 2.41. The van der Waals surface area contributed by atoms with E-state index in [2.05, 4.69) is 10.6 Å². The first kappa shape index (κ1) is 15.6. The number of benzene rings is 1. The van der Waals surface area contributed by atoms with Crippen LogP contribution in [0.5, 0.6) is 5.75 Å². The van der Waals surface area contributed by atoms with Gasteiger partial charge in [0.2, 0.25) is 0 Å². The number of hydrogen-bond acceptors (Lipinski definition) is 3. The molecule has 0 aromatic heterocycles. The van der Waals surface area contributed by atoms with E-state index in [-0.39, 0.29) is 36.7 Å². The summed E-state index contributed by atoms with van der Waals surface area (Å²) in [5.41, 5.74) is 0.940. The van der Waals surface area contributed by atoms with E-state index in [9.17, 15) is 23.1 Å². The predicted molar refractivity (Wildman–Crippen MR) is 71.2 cm³/mol. The van der Waals surface area contributed by atoms with Crippen LogP contribution in [0.15, 0.2) is 18.2 Å². The fourth-order valence-electron chi connectivity index (χ4n) is 2.28. The number of phenolic OH excluding ortho intramolecular Hbond substituents is 1. The topological polar surface area (TPSA) is 61.4 Å². The number of rotatable bonds is 2. The predicted octanol–water partition coefficient (Wildman–Crippen LogP) is 2.11. The maximum Gasteiger partial charge on any atom is 0.403 e. The maximum absolute atomic E-state index is 12.5. The second-order valence-electron chi connectivity index (χ2n) is 5.25. The quantitative estimate of drug-likeness (QED) is 0.784. The summed E-state index contributed by atoms with van der Waals surface area (Å²) in [6.07, 6.45) is -4.05. The molecule has 0 bridgehead atoms. The fourth-order valence-corrected chi connectivity index (χ4v) is 2.28. The SMILES string of the molecule is Cc1ccc(C(=O)NC2CCC(C(F)(F)F)NC2)cc1O. The van der Waals surface area contributed by atoms with Crippen LogP contribution in [0.3, 0.4) is 0 Å². The van der Waals surface area contributed by atoms with Gasteiger partial charge in [0.15, 0.2) is 0 Å². The third-order valence-corrected chi connectivity index (χ3v) is 3.62. The van der Waals surface area contributed by atoms with Crippen LogP contribution in [0, 0.1) is 6.92 Å². The summed E-state index contributed by atoms with van der Waals surface area (Å²) < 4.78 is 37.5. The number of aryl methyl sites for hydroxylation is 1. The van der Waals surface area contributed by atoms with Crippen LogP contribution >= 0.6 is 0 Å². The second kappa shape index (κ2) is 5.93. The fraction of sp³-hybridized carbons (Fsp3) is 0.500. The normalized spacial score (nSPS) is 22.9. The van der Waals surface area contributed by atoms with Gasteiger partial charge in [-0.25, -0.2) is 0 Å². The molecule has 1 aromatic carbocycles. The molecule has 1 aliphatic heterocycles. The molecule has 0 spiro atoms. The molecule has 21 heavy (non-hydrogen) atoms. The van der Waals surface area contributed by atoms with Crippen molar-refractivity contribution in [3.63, 3.8) is 0 Å². The third kappa shape index (κ3) is 3.87. The summed E-state index contributed by atoms with van der Waals surface area (Å²) in [5, 5.41) is 14.6. The molecule has 0 saturated carbocycles. The van der Waals surface area contributed by atoms with Crippen LogP contribution in [0.2, 0.25) is 0 Å². The lowest BCUT2D eigenvalue weighted by atomic mass is 10.00. The molecule has 0 radical (unpaired) electrons. The zero-order chi connectivity index (χ0) is 15.6. The number of nitrogens with one attached hydrogen (secondary N) is 2. The van der Waals surface area contributed by atoms with Crippen LogP contribution in [0.1, 0.15) is 28.8 Å². The summed E-state index contributed by atoms with van der Waals surface area (Å²) in [5.74, 6) is -0.385. The van der Waals surface area contributed by atoms with Gasteiger partial charge in [0.1, 0.15) is 11.8 Å². The Hall–Kier alpha value is -1.76. The van der Waals surface area contributed by atoms with Gasteiger partial charge in [0.05, 0.1) is 0 Å². The molecule has 4 nitrogen and oxygen atoms in total. The van der Waals surface area contributed by atoms with Crippen LogP contribution in [-0.2, 0) is 0 Å². The first-order valence-electron chi connectivity index (χ1n) is 6.68. The van der Waals surface area contributed by atoms with Crippen LogP contribution in [0.25, 0.3) is 0 Å². The smallest absolute Gasteiger partial charge is 0.403 e. The first-order valence-corrected chi connectivity index (χ1v) is 6.68. The number of carbonyl (C=O) groups is 1. The standard InChI is InChI=1S/C14H17F3N2O2/c1-8-2-3-9(6-11(8)20)13(21)19-10-4-5-12(18-7-10)14(15,16)17/h2-3,6,10,12,18,20H,4-5,7H2,1H3,(H,19,21). The number of alkyl halides is 3. The van der Waals surface area contributed by atoms with E-state index in [0.29, 0.717) is 5.56 Å². The Morgan fingerprint density at radius 2 is 2.10 bits per heavy atom. The molecule has 1 aliphatic rings. The van der Waals surface area contributed by atoms with E-state index >= 15 is 0 Å². The number of aromatic hydroxyl groups is 1. The highest BCUT2D eigenvalue weighted by Gasteiger charge is 2.41. The molecule has 2 rings (SSSR count). The van der Waals surface area contributed by atoms with E-state index in [1.54, 1.807) is 19.1 Å². The van der Waals surface area contributed by atoms with Crippen molar-refractivity contribution in [2.45, 2.75) is 38.0 Å². The lowest BCUT2D eigenvalue weighted by Gasteiger charge is -2.31. The molecule has 0 aliphatic carbocycles. The Bertz CT molecular complexity index is 523. The number of carbonyl (C=O) groups excluding carboxylic acids is 1. The van der Waals surface area contributed by atoms with E-state index in [1.807, 2.05) is 0 Å². The minimum absolute atomic E-state index is 0.0153. The molecule has 2 atom stereocenters. The summed E-state index contributed by atoms with van der Waals surface area (Å²) in [6.45, 7) is 1.78. The van der Waals surface area contributed by atoms with Crippen molar-refractivity contribution < 1.29 is 23.1 Å². The number of piperidine rings is 1. The number of hydrogen-bond donors (Lipinski definition) is 3. The molecule has 1 saturated heterocycles. The van der Waals surface area contributed by atoms with Crippen molar-refractivity contribution in [2.24, 2.45) is 0 Å². The molecule has 1 fully saturated rings.